The van der Waals surface area contributed by atoms with Gasteiger partial charge in [-0.15, -0.1) is 0 Å². The Hall–Kier alpha value is -4.19. The molecule has 0 saturated carbocycles. The quantitative estimate of drug-likeness (QED) is 0.390. The fourth-order valence-electron chi connectivity index (χ4n) is 3.68. The van der Waals surface area contributed by atoms with Crippen LogP contribution in [0.4, 0.5) is 17.5 Å². The topological polar surface area (TPSA) is 75.3 Å². The first-order valence-electron chi connectivity index (χ1n) is 10.7. The van der Waals surface area contributed by atoms with E-state index in [4.69, 9.17) is 14.4 Å². The van der Waals surface area contributed by atoms with Crippen molar-refractivity contribution in [3.05, 3.63) is 97.0 Å². The van der Waals surface area contributed by atoms with Crippen molar-refractivity contribution in [1.29, 1.82) is 0 Å². The van der Waals surface area contributed by atoms with E-state index < -0.39 is 0 Å². The molecule has 3 heterocycles. The number of hydrogen-bond donors (Lipinski definition) is 2. The molecule has 0 bridgehead atoms. The van der Waals surface area contributed by atoms with Gasteiger partial charge in [-0.05, 0) is 36.8 Å². The van der Waals surface area contributed by atoms with Crippen LogP contribution >= 0.6 is 0 Å². The van der Waals surface area contributed by atoms with Crippen molar-refractivity contribution >= 4 is 28.9 Å². The van der Waals surface area contributed by atoms with Crippen molar-refractivity contribution in [3.63, 3.8) is 0 Å². The third-order valence-electron chi connectivity index (χ3n) is 5.22. The number of anilines is 3. The maximum Gasteiger partial charge on any atom is 0.229 e. The van der Waals surface area contributed by atoms with Gasteiger partial charge in [-0.3, -0.25) is 4.99 Å². The molecular formula is C26H23N5O. The first-order chi connectivity index (χ1) is 15.8. The molecular weight excluding hydrogens is 398 g/mol. The van der Waals surface area contributed by atoms with Crippen LogP contribution in [0.2, 0.25) is 0 Å². The highest BCUT2D eigenvalue weighted by atomic mass is 16.3. The Morgan fingerprint density at radius 3 is 2.38 bits per heavy atom. The van der Waals surface area contributed by atoms with E-state index >= 15 is 0 Å². The third kappa shape index (κ3) is 4.30. The van der Waals surface area contributed by atoms with E-state index in [1.54, 1.807) is 6.26 Å². The summed E-state index contributed by atoms with van der Waals surface area (Å²) in [5.74, 6) is 2.78. The number of furan rings is 1. The van der Waals surface area contributed by atoms with Gasteiger partial charge in [0, 0.05) is 22.9 Å². The number of hydrogen-bond acceptors (Lipinski definition) is 6. The zero-order valence-corrected chi connectivity index (χ0v) is 17.7. The number of nitrogens with zero attached hydrogens (tertiary/aromatic N) is 3. The third-order valence-corrected chi connectivity index (χ3v) is 5.22. The molecule has 1 atom stereocenters. The molecule has 6 heteroatoms. The van der Waals surface area contributed by atoms with E-state index in [1.165, 1.54) is 0 Å². The van der Waals surface area contributed by atoms with Gasteiger partial charge in [0.2, 0.25) is 5.95 Å². The van der Waals surface area contributed by atoms with Crippen LogP contribution in [0.3, 0.4) is 0 Å². The SMILES string of the molecule is CCC1N=C(Nc2cc(-c3ccccc3)nc(Nc3ccccc3)n2)C=C1c1ccco1. The molecule has 2 aromatic carbocycles. The average Bonchev–Trinajstić information content (AvgIpc) is 3.50. The molecule has 0 fully saturated rings. The summed E-state index contributed by atoms with van der Waals surface area (Å²) < 4.78 is 5.61. The minimum atomic E-state index is 0.0565. The second kappa shape index (κ2) is 8.89. The minimum Gasteiger partial charge on any atom is -0.465 e. The van der Waals surface area contributed by atoms with Crippen LogP contribution in [0.5, 0.6) is 0 Å². The zero-order valence-electron chi connectivity index (χ0n) is 17.7. The van der Waals surface area contributed by atoms with E-state index in [-0.39, 0.29) is 6.04 Å². The van der Waals surface area contributed by atoms with Crippen LogP contribution < -0.4 is 10.6 Å². The lowest BCUT2D eigenvalue weighted by atomic mass is 10.0. The molecule has 32 heavy (non-hydrogen) atoms. The molecule has 1 aliphatic rings. The second-order valence-corrected chi connectivity index (χ2v) is 7.46. The van der Waals surface area contributed by atoms with Gasteiger partial charge in [0.15, 0.2) is 0 Å². The highest BCUT2D eigenvalue weighted by molar-refractivity contribution is 6.11. The zero-order chi connectivity index (χ0) is 21.8. The summed E-state index contributed by atoms with van der Waals surface area (Å²) in [6.45, 7) is 2.12. The summed E-state index contributed by atoms with van der Waals surface area (Å²) in [6, 6.07) is 25.8. The van der Waals surface area contributed by atoms with E-state index in [0.29, 0.717) is 11.8 Å². The monoisotopic (exact) mass is 421 g/mol. The van der Waals surface area contributed by atoms with E-state index in [0.717, 1.165) is 40.5 Å². The van der Waals surface area contributed by atoms with Crippen molar-refractivity contribution in [2.45, 2.75) is 19.4 Å². The number of para-hydroxylation sites is 1. The van der Waals surface area contributed by atoms with Crippen molar-refractivity contribution in [1.82, 2.24) is 9.97 Å². The largest absolute Gasteiger partial charge is 0.465 e. The number of aliphatic imine (C=N–C) groups is 1. The van der Waals surface area contributed by atoms with Gasteiger partial charge in [-0.1, -0.05) is 55.5 Å². The van der Waals surface area contributed by atoms with E-state index in [2.05, 4.69) is 22.5 Å². The van der Waals surface area contributed by atoms with Gasteiger partial charge >= 0.3 is 0 Å². The molecule has 0 saturated heterocycles. The Labute approximate surface area is 186 Å². The van der Waals surface area contributed by atoms with Crippen LogP contribution in [-0.2, 0) is 0 Å². The first-order valence-corrected chi connectivity index (χ1v) is 10.7. The molecule has 2 aromatic heterocycles. The standard InChI is InChI=1S/C26H23N5O/c1-2-21-20(23-14-9-15-32-23)16-24(28-21)30-25-17-22(18-10-5-3-6-11-18)29-26(31-25)27-19-12-7-4-8-13-19/h3-17,21H,2H2,1H3,(H2,27,28,29,30,31). The van der Waals surface area contributed by atoms with Crippen LogP contribution in [0.1, 0.15) is 19.1 Å². The Balaban J connectivity index is 1.48. The fourth-order valence-corrected chi connectivity index (χ4v) is 3.68. The van der Waals surface area contributed by atoms with E-state index in [1.807, 2.05) is 84.9 Å². The molecule has 4 aromatic rings. The second-order valence-electron chi connectivity index (χ2n) is 7.46. The summed E-state index contributed by atoms with van der Waals surface area (Å²) in [5, 5.41) is 6.67. The fraction of sp³-hybridized carbons (Fsp3) is 0.115. The van der Waals surface area contributed by atoms with Crippen molar-refractivity contribution in [3.8, 4) is 11.3 Å². The van der Waals surface area contributed by atoms with Gasteiger partial charge in [0.1, 0.15) is 17.4 Å². The molecule has 0 aliphatic carbocycles. The summed E-state index contributed by atoms with van der Waals surface area (Å²) >= 11 is 0. The maximum absolute atomic E-state index is 5.61. The van der Waals surface area contributed by atoms with Gasteiger partial charge in [-0.2, -0.15) is 4.98 Å². The molecule has 6 nitrogen and oxygen atoms in total. The predicted octanol–water partition coefficient (Wildman–Crippen LogP) is 6.17. The Morgan fingerprint density at radius 1 is 0.875 bits per heavy atom. The van der Waals surface area contributed by atoms with Crippen molar-refractivity contribution in [2.75, 3.05) is 10.6 Å². The molecule has 5 rings (SSSR count). The van der Waals surface area contributed by atoms with Crippen LogP contribution in [0, 0.1) is 0 Å². The highest BCUT2D eigenvalue weighted by Crippen LogP contribution is 2.29. The summed E-state index contributed by atoms with van der Waals surface area (Å²) in [6.07, 6.45) is 4.60. The lowest BCUT2D eigenvalue weighted by molar-refractivity contribution is 0.547. The number of nitrogens with one attached hydrogen (secondary N) is 2. The maximum atomic E-state index is 5.61. The van der Waals surface area contributed by atoms with Crippen molar-refractivity contribution < 1.29 is 4.42 Å². The average molecular weight is 422 g/mol. The molecule has 2 N–H and O–H groups in total. The highest BCUT2D eigenvalue weighted by Gasteiger charge is 2.23. The summed E-state index contributed by atoms with van der Waals surface area (Å²) in [7, 11) is 0. The molecule has 158 valence electrons. The normalized spacial score (nSPS) is 15.2. The lowest BCUT2D eigenvalue weighted by Gasteiger charge is -2.11. The Morgan fingerprint density at radius 2 is 1.66 bits per heavy atom. The number of rotatable bonds is 6. The Bertz CT molecular complexity index is 1250. The van der Waals surface area contributed by atoms with Crippen molar-refractivity contribution in [2.24, 2.45) is 4.99 Å². The molecule has 1 aliphatic heterocycles. The van der Waals surface area contributed by atoms with Crippen LogP contribution in [0.15, 0.2) is 101 Å². The molecule has 1 unspecified atom stereocenters. The summed E-state index contributed by atoms with van der Waals surface area (Å²) in [4.78, 5) is 14.2. The van der Waals surface area contributed by atoms with Gasteiger partial charge in [0.25, 0.3) is 0 Å². The molecule has 0 spiro atoms. The number of aromatic nitrogens is 2. The van der Waals surface area contributed by atoms with E-state index in [9.17, 15) is 0 Å². The van der Waals surface area contributed by atoms with Gasteiger partial charge in [-0.25, -0.2) is 4.98 Å². The van der Waals surface area contributed by atoms with Crippen LogP contribution in [0.25, 0.3) is 16.8 Å². The predicted molar refractivity (Wildman–Crippen MR) is 129 cm³/mol. The number of amidine groups is 1. The van der Waals surface area contributed by atoms with Gasteiger partial charge < -0.3 is 15.1 Å². The molecule has 0 radical (unpaired) electrons. The lowest BCUT2D eigenvalue weighted by Crippen LogP contribution is -2.11. The minimum absolute atomic E-state index is 0.0565. The molecule has 0 amide bonds. The van der Waals surface area contributed by atoms with Gasteiger partial charge in [0.05, 0.1) is 18.0 Å². The number of benzene rings is 2. The smallest absolute Gasteiger partial charge is 0.229 e. The first kappa shape index (κ1) is 19.8. The summed E-state index contributed by atoms with van der Waals surface area (Å²) in [5.41, 5.74) is 3.83. The Kier molecular flexibility index (Phi) is 5.49. The van der Waals surface area contributed by atoms with Crippen LogP contribution in [-0.4, -0.2) is 21.8 Å².